The number of nitro benzene ring substituents is 1. The molecule has 11 heteroatoms. The molecule has 9 nitrogen and oxygen atoms in total. The van der Waals surface area contributed by atoms with Crippen molar-refractivity contribution < 1.29 is 9.72 Å². The average molecular weight is 412 g/mol. The van der Waals surface area contributed by atoms with Crippen LogP contribution in [0.3, 0.4) is 0 Å². The fourth-order valence-electron chi connectivity index (χ4n) is 2.64. The molecule has 3 N–H and O–H groups in total. The third-order valence-electron chi connectivity index (χ3n) is 3.84. The van der Waals surface area contributed by atoms with E-state index in [9.17, 15) is 14.9 Å². The number of thiazole rings is 1. The molecule has 0 radical (unpaired) electrons. The van der Waals surface area contributed by atoms with Gasteiger partial charge in [0.1, 0.15) is 0 Å². The van der Waals surface area contributed by atoms with Crippen molar-refractivity contribution >= 4 is 54.7 Å². The van der Waals surface area contributed by atoms with Crippen LogP contribution in [0.4, 0.5) is 16.0 Å². The van der Waals surface area contributed by atoms with Crippen molar-refractivity contribution in [1.82, 2.24) is 15.2 Å². The predicted octanol–water partition coefficient (Wildman–Crippen LogP) is 3.49. The molecule has 2 heterocycles. The van der Waals surface area contributed by atoms with Crippen molar-refractivity contribution in [3.63, 3.8) is 0 Å². The Labute approximate surface area is 166 Å². The Balaban J connectivity index is 1.49. The Bertz CT molecular complexity index is 1200. The lowest BCUT2D eigenvalue weighted by Gasteiger charge is -2.01. The molecule has 4 rings (SSSR count). The van der Waals surface area contributed by atoms with E-state index in [0.717, 1.165) is 27.1 Å². The zero-order chi connectivity index (χ0) is 19.7. The van der Waals surface area contributed by atoms with E-state index < -0.39 is 4.92 Å². The summed E-state index contributed by atoms with van der Waals surface area (Å²) in [5.41, 5.74) is 7.61. The second-order valence-corrected chi connectivity index (χ2v) is 7.81. The van der Waals surface area contributed by atoms with Gasteiger partial charge < -0.3 is 11.1 Å². The van der Waals surface area contributed by atoms with Gasteiger partial charge in [-0.3, -0.25) is 14.9 Å². The molecule has 0 aliphatic carbocycles. The minimum absolute atomic E-state index is 0.0614. The summed E-state index contributed by atoms with van der Waals surface area (Å²) in [5, 5.41) is 22.8. The standard InChI is InChI=1S/C17H12N6O3S2/c18-16-19-11-6-5-9(7-13(11)27-16)8-14(24)20-17-22-21-15(28-17)10-3-1-2-4-12(10)23(25)26/h1-7H,8H2,(H2,18,19)(H,20,22,24). The first kappa shape index (κ1) is 17.9. The summed E-state index contributed by atoms with van der Waals surface area (Å²) in [4.78, 5) is 27.2. The molecule has 0 atom stereocenters. The molecule has 0 saturated carbocycles. The van der Waals surface area contributed by atoms with Gasteiger partial charge in [0.05, 0.1) is 27.1 Å². The van der Waals surface area contributed by atoms with Crippen molar-refractivity contribution in [1.29, 1.82) is 0 Å². The van der Waals surface area contributed by atoms with Gasteiger partial charge in [-0.05, 0) is 23.8 Å². The number of carbonyl (C=O) groups is 1. The maximum atomic E-state index is 12.3. The number of amides is 1. The summed E-state index contributed by atoms with van der Waals surface area (Å²) in [7, 11) is 0. The Morgan fingerprint density at radius 3 is 2.82 bits per heavy atom. The molecule has 2 aromatic carbocycles. The molecule has 0 unspecified atom stereocenters. The van der Waals surface area contributed by atoms with E-state index in [1.54, 1.807) is 18.2 Å². The van der Waals surface area contributed by atoms with Crippen molar-refractivity contribution in [2.75, 3.05) is 11.1 Å². The number of nitrogens with two attached hydrogens (primary N) is 1. The number of nitro groups is 1. The summed E-state index contributed by atoms with van der Waals surface area (Å²) in [6.45, 7) is 0. The van der Waals surface area contributed by atoms with Crippen LogP contribution in [0.2, 0.25) is 0 Å². The molecule has 0 bridgehead atoms. The smallest absolute Gasteiger partial charge is 0.279 e. The lowest BCUT2D eigenvalue weighted by atomic mass is 10.1. The van der Waals surface area contributed by atoms with E-state index in [1.807, 2.05) is 18.2 Å². The maximum absolute atomic E-state index is 12.3. The van der Waals surface area contributed by atoms with Crippen LogP contribution in [-0.2, 0) is 11.2 Å². The van der Waals surface area contributed by atoms with Crippen LogP contribution in [0.25, 0.3) is 20.8 Å². The van der Waals surface area contributed by atoms with Gasteiger partial charge in [0.15, 0.2) is 10.1 Å². The van der Waals surface area contributed by atoms with Crippen LogP contribution in [0, 0.1) is 10.1 Å². The molecule has 0 fully saturated rings. The van der Waals surface area contributed by atoms with Gasteiger partial charge in [0, 0.05) is 6.07 Å². The third-order valence-corrected chi connectivity index (χ3v) is 5.56. The van der Waals surface area contributed by atoms with Gasteiger partial charge in [0.25, 0.3) is 5.69 Å². The normalized spacial score (nSPS) is 10.9. The number of hydrogen-bond acceptors (Lipinski definition) is 9. The number of rotatable bonds is 5. The predicted molar refractivity (Wildman–Crippen MR) is 108 cm³/mol. The Morgan fingerprint density at radius 2 is 2.00 bits per heavy atom. The molecule has 0 aliphatic heterocycles. The molecular weight excluding hydrogens is 400 g/mol. The van der Waals surface area contributed by atoms with Gasteiger partial charge in [-0.1, -0.05) is 40.9 Å². The van der Waals surface area contributed by atoms with Gasteiger partial charge >= 0.3 is 0 Å². The minimum Gasteiger partial charge on any atom is -0.375 e. The zero-order valence-corrected chi connectivity index (χ0v) is 15.8. The number of carbonyl (C=O) groups excluding carboxylic acids is 1. The number of benzene rings is 2. The number of nitrogens with one attached hydrogen (secondary N) is 1. The Hall–Kier alpha value is -3.44. The second kappa shape index (κ2) is 7.29. The molecule has 0 saturated heterocycles. The van der Waals surface area contributed by atoms with Crippen LogP contribution >= 0.6 is 22.7 Å². The summed E-state index contributed by atoms with van der Waals surface area (Å²) in [6.07, 6.45) is 0.147. The first-order chi connectivity index (χ1) is 13.5. The number of anilines is 2. The summed E-state index contributed by atoms with van der Waals surface area (Å²) < 4.78 is 0.914. The summed E-state index contributed by atoms with van der Waals surface area (Å²) in [6, 6.07) is 11.8. The van der Waals surface area contributed by atoms with E-state index in [4.69, 9.17) is 5.73 Å². The van der Waals surface area contributed by atoms with Crippen LogP contribution in [0.1, 0.15) is 5.56 Å². The van der Waals surface area contributed by atoms with Crippen molar-refractivity contribution in [3.8, 4) is 10.6 Å². The first-order valence-electron chi connectivity index (χ1n) is 8.01. The van der Waals surface area contributed by atoms with Gasteiger partial charge in [-0.2, -0.15) is 0 Å². The number of nitrogen functional groups attached to an aromatic ring is 1. The van der Waals surface area contributed by atoms with E-state index in [0.29, 0.717) is 15.7 Å². The SMILES string of the molecule is Nc1nc2ccc(CC(=O)Nc3nnc(-c4ccccc4[N+](=O)[O-])s3)cc2s1. The highest BCUT2D eigenvalue weighted by molar-refractivity contribution is 7.22. The fourth-order valence-corrected chi connectivity index (χ4v) is 4.23. The Morgan fingerprint density at radius 1 is 1.18 bits per heavy atom. The van der Waals surface area contributed by atoms with E-state index in [1.165, 1.54) is 17.4 Å². The molecular formula is C17H12N6O3S2. The molecule has 2 aromatic heterocycles. The van der Waals surface area contributed by atoms with Gasteiger partial charge in [-0.15, -0.1) is 10.2 Å². The van der Waals surface area contributed by atoms with Crippen LogP contribution in [-0.4, -0.2) is 26.0 Å². The largest absolute Gasteiger partial charge is 0.375 e. The fraction of sp³-hybridized carbons (Fsp3) is 0.0588. The monoisotopic (exact) mass is 412 g/mol. The molecule has 140 valence electrons. The number of hydrogen-bond donors (Lipinski definition) is 2. The van der Waals surface area contributed by atoms with Crippen LogP contribution in [0.15, 0.2) is 42.5 Å². The lowest BCUT2D eigenvalue weighted by molar-refractivity contribution is -0.384. The summed E-state index contributed by atoms with van der Waals surface area (Å²) in [5.74, 6) is -0.262. The van der Waals surface area contributed by atoms with Crippen molar-refractivity contribution in [2.24, 2.45) is 0 Å². The van der Waals surface area contributed by atoms with E-state index >= 15 is 0 Å². The van der Waals surface area contributed by atoms with Crippen molar-refractivity contribution in [2.45, 2.75) is 6.42 Å². The highest BCUT2D eigenvalue weighted by Crippen LogP contribution is 2.33. The Kier molecular flexibility index (Phi) is 4.67. The summed E-state index contributed by atoms with van der Waals surface area (Å²) >= 11 is 2.44. The molecule has 0 aliphatic rings. The van der Waals surface area contributed by atoms with Gasteiger partial charge in [-0.25, -0.2) is 4.98 Å². The lowest BCUT2D eigenvalue weighted by Crippen LogP contribution is -2.14. The van der Waals surface area contributed by atoms with Crippen LogP contribution < -0.4 is 11.1 Å². The van der Waals surface area contributed by atoms with E-state index in [-0.39, 0.29) is 23.1 Å². The average Bonchev–Trinajstić information content (AvgIpc) is 3.26. The van der Waals surface area contributed by atoms with E-state index in [2.05, 4.69) is 20.5 Å². The quantitative estimate of drug-likeness (QED) is 0.378. The number of fused-ring (bicyclic) bond motifs is 1. The van der Waals surface area contributed by atoms with Gasteiger partial charge in [0.2, 0.25) is 11.0 Å². The number of para-hydroxylation sites is 1. The molecule has 1 amide bonds. The van der Waals surface area contributed by atoms with Crippen molar-refractivity contribution in [3.05, 3.63) is 58.1 Å². The maximum Gasteiger partial charge on any atom is 0.279 e. The number of aromatic nitrogens is 3. The highest BCUT2D eigenvalue weighted by Gasteiger charge is 2.18. The molecule has 28 heavy (non-hydrogen) atoms. The minimum atomic E-state index is -0.475. The van der Waals surface area contributed by atoms with Crippen LogP contribution in [0.5, 0.6) is 0 Å². The first-order valence-corrected chi connectivity index (χ1v) is 9.65. The second-order valence-electron chi connectivity index (χ2n) is 5.77. The third kappa shape index (κ3) is 3.66. The topological polar surface area (TPSA) is 137 Å². The zero-order valence-electron chi connectivity index (χ0n) is 14.2. The highest BCUT2D eigenvalue weighted by atomic mass is 32.1. The molecule has 0 spiro atoms. The number of nitrogens with zero attached hydrogens (tertiary/aromatic N) is 4. The molecule has 4 aromatic rings.